The molecular weight excluding hydrogens is 372 g/mol. The van der Waals surface area contributed by atoms with Crippen LogP contribution in [-0.2, 0) is 16.4 Å². The predicted octanol–water partition coefficient (Wildman–Crippen LogP) is 2.41. The van der Waals surface area contributed by atoms with Crippen LogP contribution in [0.3, 0.4) is 0 Å². The van der Waals surface area contributed by atoms with Crippen LogP contribution in [0.2, 0.25) is 0 Å². The van der Waals surface area contributed by atoms with E-state index in [4.69, 9.17) is 21.7 Å². The second-order valence-corrected chi connectivity index (χ2v) is 7.70. The van der Waals surface area contributed by atoms with E-state index in [0.29, 0.717) is 24.5 Å². The Morgan fingerprint density at radius 3 is 2.31 bits per heavy atom. The molecule has 0 saturated carbocycles. The summed E-state index contributed by atoms with van der Waals surface area (Å²) in [5.41, 5.74) is 2.00. The Morgan fingerprint density at radius 1 is 1.04 bits per heavy atom. The maximum atomic E-state index is 12.3. The lowest BCUT2D eigenvalue weighted by atomic mass is 10.1. The summed E-state index contributed by atoms with van der Waals surface area (Å²) < 4.78 is 37.4. The van der Waals surface area contributed by atoms with Gasteiger partial charge in [0.2, 0.25) is 0 Å². The van der Waals surface area contributed by atoms with Crippen LogP contribution in [0.4, 0.5) is 0 Å². The Morgan fingerprint density at radius 2 is 1.69 bits per heavy atom. The summed E-state index contributed by atoms with van der Waals surface area (Å²) in [7, 11) is -0.522. The molecule has 0 aliphatic carbocycles. The molecule has 0 radical (unpaired) electrons. The average molecular weight is 395 g/mol. The van der Waals surface area contributed by atoms with Gasteiger partial charge in [-0.3, -0.25) is 4.72 Å². The first kappa shape index (κ1) is 20.0. The molecule has 0 fully saturated rings. The first-order chi connectivity index (χ1) is 12.4. The van der Waals surface area contributed by atoms with Gasteiger partial charge in [0.15, 0.2) is 16.6 Å². The minimum atomic E-state index is -3.68. The third-order valence-corrected chi connectivity index (χ3v) is 5.45. The molecule has 0 aromatic heterocycles. The van der Waals surface area contributed by atoms with Crippen LogP contribution in [0.5, 0.6) is 11.5 Å². The standard InChI is InChI=1S/C18H22N2O4S2/c1-13-4-7-15(8-5-13)26(21,22)20-18(25)19-11-10-14-6-9-16(23-2)17(12-14)24-3/h4-9,12H,10-11H2,1-3H3,(H2,19,20,25). The highest BCUT2D eigenvalue weighted by Crippen LogP contribution is 2.27. The van der Waals surface area contributed by atoms with Crippen molar-refractivity contribution in [2.24, 2.45) is 0 Å². The lowest BCUT2D eigenvalue weighted by Gasteiger charge is -2.12. The van der Waals surface area contributed by atoms with E-state index in [1.54, 1.807) is 38.5 Å². The number of aryl methyl sites for hydroxylation is 1. The highest BCUT2D eigenvalue weighted by molar-refractivity contribution is 7.91. The van der Waals surface area contributed by atoms with Gasteiger partial charge in [0, 0.05) is 6.54 Å². The van der Waals surface area contributed by atoms with Crippen molar-refractivity contribution in [3.05, 3.63) is 53.6 Å². The molecule has 26 heavy (non-hydrogen) atoms. The molecule has 2 N–H and O–H groups in total. The average Bonchev–Trinajstić information content (AvgIpc) is 2.61. The Bertz CT molecular complexity index is 865. The molecule has 0 aliphatic heterocycles. The van der Waals surface area contributed by atoms with Crippen LogP contribution >= 0.6 is 12.2 Å². The highest BCUT2D eigenvalue weighted by Gasteiger charge is 2.15. The molecule has 0 atom stereocenters. The predicted molar refractivity (Wildman–Crippen MR) is 105 cm³/mol. The van der Waals surface area contributed by atoms with E-state index in [1.807, 2.05) is 25.1 Å². The number of hydrogen-bond acceptors (Lipinski definition) is 5. The summed E-state index contributed by atoms with van der Waals surface area (Å²) in [5.74, 6) is 1.30. The fourth-order valence-electron chi connectivity index (χ4n) is 2.29. The zero-order chi connectivity index (χ0) is 19.2. The van der Waals surface area contributed by atoms with Gasteiger partial charge < -0.3 is 14.8 Å². The number of hydrogen-bond donors (Lipinski definition) is 2. The smallest absolute Gasteiger partial charge is 0.263 e. The number of benzene rings is 2. The van der Waals surface area contributed by atoms with E-state index in [1.165, 1.54) is 0 Å². The largest absolute Gasteiger partial charge is 0.493 e. The minimum Gasteiger partial charge on any atom is -0.493 e. The first-order valence-electron chi connectivity index (χ1n) is 7.94. The van der Waals surface area contributed by atoms with E-state index >= 15 is 0 Å². The zero-order valence-electron chi connectivity index (χ0n) is 14.9. The minimum absolute atomic E-state index is 0.0612. The third-order valence-electron chi connectivity index (χ3n) is 3.71. The lowest BCUT2D eigenvalue weighted by Crippen LogP contribution is -2.39. The normalized spacial score (nSPS) is 10.9. The monoisotopic (exact) mass is 394 g/mol. The SMILES string of the molecule is COc1ccc(CCNC(=S)NS(=O)(=O)c2ccc(C)cc2)cc1OC. The van der Waals surface area contributed by atoms with Crippen molar-refractivity contribution in [1.29, 1.82) is 0 Å². The van der Waals surface area contributed by atoms with Crippen LogP contribution in [0.25, 0.3) is 0 Å². The Hall–Kier alpha value is -2.32. The number of nitrogens with one attached hydrogen (secondary N) is 2. The molecule has 0 heterocycles. The number of thiocarbonyl (C=S) groups is 1. The summed E-state index contributed by atoms with van der Waals surface area (Å²) >= 11 is 5.09. The van der Waals surface area contributed by atoms with Crippen LogP contribution in [0.1, 0.15) is 11.1 Å². The molecule has 2 rings (SSSR count). The molecule has 0 bridgehead atoms. The summed E-state index contributed by atoms with van der Waals surface area (Å²) in [6.45, 7) is 2.37. The van der Waals surface area contributed by atoms with Gasteiger partial charge in [-0.1, -0.05) is 23.8 Å². The van der Waals surface area contributed by atoms with Gasteiger partial charge in [0.25, 0.3) is 10.0 Å². The van der Waals surface area contributed by atoms with Crippen LogP contribution in [-0.4, -0.2) is 34.3 Å². The van der Waals surface area contributed by atoms with E-state index in [0.717, 1.165) is 11.1 Å². The van der Waals surface area contributed by atoms with Crippen molar-refractivity contribution < 1.29 is 17.9 Å². The molecule has 0 unspecified atom stereocenters. The van der Waals surface area contributed by atoms with Crippen molar-refractivity contribution in [3.8, 4) is 11.5 Å². The second-order valence-electron chi connectivity index (χ2n) is 5.61. The van der Waals surface area contributed by atoms with Gasteiger partial charge in [0.05, 0.1) is 19.1 Å². The lowest BCUT2D eigenvalue weighted by molar-refractivity contribution is 0.354. The van der Waals surface area contributed by atoms with Crippen LogP contribution in [0.15, 0.2) is 47.4 Å². The van der Waals surface area contributed by atoms with E-state index in [9.17, 15) is 8.42 Å². The van der Waals surface area contributed by atoms with Crippen molar-refractivity contribution in [2.75, 3.05) is 20.8 Å². The maximum Gasteiger partial charge on any atom is 0.263 e. The van der Waals surface area contributed by atoms with Gasteiger partial charge in [-0.2, -0.15) is 0 Å². The van der Waals surface area contributed by atoms with Crippen LogP contribution < -0.4 is 19.5 Å². The number of rotatable bonds is 7. The zero-order valence-corrected chi connectivity index (χ0v) is 16.5. The molecule has 6 nitrogen and oxygen atoms in total. The van der Waals surface area contributed by atoms with Gasteiger partial charge in [-0.15, -0.1) is 0 Å². The van der Waals surface area contributed by atoms with Crippen molar-refractivity contribution in [2.45, 2.75) is 18.2 Å². The van der Waals surface area contributed by atoms with Gasteiger partial charge in [-0.25, -0.2) is 8.42 Å². The van der Waals surface area contributed by atoms with Crippen molar-refractivity contribution >= 4 is 27.4 Å². The van der Waals surface area contributed by atoms with E-state index < -0.39 is 10.0 Å². The van der Waals surface area contributed by atoms with Gasteiger partial charge >= 0.3 is 0 Å². The summed E-state index contributed by atoms with van der Waals surface area (Å²) in [6, 6.07) is 12.2. The molecule has 140 valence electrons. The quantitative estimate of drug-likeness (QED) is 0.703. The fourth-order valence-corrected chi connectivity index (χ4v) is 3.65. The fraction of sp³-hybridized carbons (Fsp3) is 0.278. The molecule has 0 saturated heterocycles. The van der Waals surface area contributed by atoms with Gasteiger partial charge in [-0.05, 0) is 55.4 Å². The molecule has 0 amide bonds. The Kier molecular flexibility index (Phi) is 6.82. The Labute approximate surface area is 159 Å². The highest BCUT2D eigenvalue weighted by atomic mass is 32.2. The summed E-state index contributed by atoms with van der Waals surface area (Å²) in [6.07, 6.45) is 0.646. The first-order valence-corrected chi connectivity index (χ1v) is 9.83. The van der Waals surface area contributed by atoms with Gasteiger partial charge in [0.1, 0.15) is 0 Å². The molecule has 2 aromatic carbocycles. The topological polar surface area (TPSA) is 76.7 Å². The van der Waals surface area contributed by atoms with Crippen LogP contribution in [0, 0.1) is 6.92 Å². The maximum absolute atomic E-state index is 12.3. The number of sulfonamides is 1. The summed E-state index contributed by atoms with van der Waals surface area (Å²) in [4.78, 5) is 0.173. The van der Waals surface area contributed by atoms with Crippen molar-refractivity contribution in [3.63, 3.8) is 0 Å². The molecule has 8 heteroatoms. The Balaban J connectivity index is 1.90. The molecular formula is C18H22N2O4S2. The van der Waals surface area contributed by atoms with Crippen molar-refractivity contribution in [1.82, 2.24) is 10.0 Å². The number of methoxy groups -OCH3 is 2. The molecule has 0 aliphatic rings. The van der Waals surface area contributed by atoms with E-state index in [2.05, 4.69) is 10.0 Å². The third kappa shape index (κ3) is 5.34. The summed E-state index contributed by atoms with van der Waals surface area (Å²) in [5, 5.41) is 2.96. The number of ether oxygens (including phenoxy) is 2. The van der Waals surface area contributed by atoms with E-state index in [-0.39, 0.29) is 10.0 Å². The molecule has 2 aromatic rings. The molecule has 0 spiro atoms. The second kappa shape index (κ2) is 8.86.